The number of hydrogen-bond acceptors (Lipinski definition) is 7. The maximum Gasteiger partial charge on any atom is 0.233 e. The third-order valence-corrected chi connectivity index (χ3v) is 6.46. The van der Waals surface area contributed by atoms with Crippen molar-refractivity contribution >= 4 is 11.7 Å². The second kappa shape index (κ2) is 8.31. The summed E-state index contributed by atoms with van der Waals surface area (Å²) < 4.78 is 16.5. The first-order chi connectivity index (χ1) is 16.0. The molecule has 2 aromatic carbocycles. The predicted octanol–water partition coefficient (Wildman–Crippen LogP) is 5.05. The molecule has 7 nitrogen and oxygen atoms in total. The summed E-state index contributed by atoms with van der Waals surface area (Å²) in [5.41, 5.74) is 5.23. The van der Waals surface area contributed by atoms with Gasteiger partial charge in [-0.05, 0) is 61.6 Å². The highest BCUT2D eigenvalue weighted by Crippen LogP contribution is 2.49. The van der Waals surface area contributed by atoms with Crippen LogP contribution in [0.2, 0.25) is 0 Å². The summed E-state index contributed by atoms with van der Waals surface area (Å²) in [7, 11) is 1.52. The fourth-order valence-electron chi connectivity index (χ4n) is 4.91. The average Bonchev–Trinajstić information content (AvgIpc) is 3.19. The highest BCUT2D eigenvalue weighted by molar-refractivity contribution is 6.01. The Kier molecular flexibility index (Phi) is 5.32. The van der Waals surface area contributed by atoms with E-state index in [9.17, 15) is 9.90 Å². The lowest BCUT2D eigenvalue weighted by Gasteiger charge is -2.34. The fraction of sp³-hybridized carbons (Fsp3) is 0.308. The van der Waals surface area contributed by atoms with Crippen LogP contribution >= 0.6 is 0 Å². The third kappa shape index (κ3) is 3.63. The minimum absolute atomic E-state index is 0.0372. The van der Waals surface area contributed by atoms with Crippen molar-refractivity contribution < 1.29 is 23.9 Å². The first-order valence-electron chi connectivity index (χ1n) is 11.1. The van der Waals surface area contributed by atoms with Crippen LogP contribution in [0.4, 0.5) is 5.88 Å². The number of carbonyl (C=O) groups excluding carboxylic acids is 1. The van der Waals surface area contributed by atoms with Crippen LogP contribution in [0.1, 0.15) is 54.0 Å². The number of benzene rings is 2. The summed E-state index contributed by atoms with van der Waals surface area (Å²) in [6.07, 6.45) is 1.02. The molecule has 7 heteroatoms. The number of aryl methyl sites for hydroxylation is 1. The highest BCUT2D eigenvalue weighted by atomic mass is 16.5. The number of ketones is 1. The second-order valence-corrected chi connectivity index (χ2v) is 8.42. The third-order valence-electron chi connectivity index (χ3n) is 6.46. The van der Waals surface area contributed by atoms with E-state index < -0.39 is 0 Å². The SMILES string of the molecule is CCOc1ccc([C@H]2C3=C(C[C@H](c4ccc(O)c(OC)c4)CC3=O)Nc3onc(C)c32)cc1. The van der Waals surface area contributed by atoms with Gasteiger partial charge in [-0.3, -0.25) is 4.79 Å². The normalized spacial score (nSPS) is 19.5. The summed E-state index contributed by atoms with van der Waals surface area (Å²) >= 11 is 0. The Morgan fingerprint density at radius 3 is 2.64 bits per heavy atom. The standard InChI is InChI=1S/C26H26N2O5/c1-4-32-18-8-5-15(6-9-18)24-23-14(2)28-33-26(23)27-19-11-17(12-21(30)25(19)24)16-7-10-20(29)22(13-16)31-3/h5-10,13,17,24,27,29H,4,11-12H2,1-3H3/t17-,24+/m0/s1. The molecule has 0 saturated heterocycles. The van der Waals surface area contributed by atoms with Gasteiger partial charge in [0, 0.05) is 23.6 Å². The molecule has 1 aromatic heterocycles. The van der Waals surface area contributed by atoms with Crippen molar-refractivity contribution in [3.8, 4) is 17.2 Å². The Morgan fingerprint density at radius 2 is 1.91 bits per heavy atom. The van der Waals surface area contributed by atoms with Crippen LogP contribution in [0.15, 0.2) is 58.3 Å². The van der Waals surface area contributed by atoms with Gasteiger partial charge in [-0.15, -0.1) is 0 Å². The van der Waals surface area contributed by atoms with Gasteiger partial charge in [-0.1, -0.05) is 23.4 Å². The molecule has 0 unspecified atom stereocenters. The Morgan fingerprint density at radius 1 is 1.15 bits per heavy atom. The van der Waals surface area contributed by atoms with Crippen LogP contribution in [0.5, 0.6) is 17.2 Å². The average molecular weight is 447 g/mol. The van der Waals surface area contributed by atoms with Crippen LogP contribution in [0.25, 0.3) is 0 Å². The maximum absolute atomic E-state index is 13.6. The smallest absolute Gasteiger partial charge is 0.233 e. The lowest BCUT2D eigenvalue weighted by molar-refractivity contribution is -0.116. The number of rotatable bonds is 5. The number of nitrogens with one attached hydrogen (secondary N) is 1. The molecule has 2 N–H and O–H groups in total. The maximum atomic E-state index is 13.6. The Hall–Kier alpha value is -3.74. The van der Waals surface area contributed by atoms with Gasteiger partial charge in [0.1, 0.15) is 5.75 Å². The Labute approximate surface area is 192 Å². The van der Waals surface area contributed by atoms with Crippen molar-refractivity contribution in [1.82, 2.24) is 5.16 Å². The molecule has 2 atom stereocenters. The quantitative estimate of drug-likeness (QED) is 0.566. The summed E-state index contributed by atoms with van der Waals surface area (Å²) in [6, 6.07) is 13.1. The summed E-state index contributed by atoms with van der Waals surface area (Å²) in [5.74, 6) is 1.66. The number of anilines is 1. The van der Waals surface area contributed by atoms with E-state index in [1.807, 2.05) is 44.2 Å². The van der Waals surface area contributed by atoms with Crippen molar-refractivity contribution in [2.45, 2.75) is 38.5 Å². The molecule has 2 aliphatic rings. The number of phenolic OH excluding ortho intramolecular Hbond substituents is 1. The number of Topliss-reactive ketones (excluding diaryl/α,β-unsaturated/α-hetero) is 1. The molecule has 0 spiro atoms. The van der Waals surface area contributed by atoms with Gasteiger partial charge < -0.3 is 24.4 Å². The van der Waals surface area contributed by atoms with Crippen LogP contribution in [-0.4, -0.2) is 29.8 Å². The molecule has 33 heavy (non-hydrogen) atoms. The van der Waals surface area contributed by atoms with Crippen LogP contribution in [-0.2, 0) is 4.79 Å². The minimum Gasteiger partial charge on any atom is -0.504 e. The number of nitrogens with zero attached hydrogens (tertiary/aromatic N) is 1. The molecule has 3 aromatic rings. The summed E-state index contributed by atoms with van der Waals surface area (Å²) in [6.45, 7) is 4.44. The highest BCUT2D eigenvalue weighted by Gasteiger charge is 2.41. The van der Waals surface area contributed by atoms with Gasteiger partial charge in [-0.2, -0.15) is 0 Å². The zero-order valence-electron chi connectivity index (χ0n) is 18.8. The molecule has 2 heterocycles. The number of aromatic hydroxyl groups is 1. The number of carbonyl (C=O) groups is 1. The molecule has 170 valence electrons. The van der Waals surface area contributed by atoms with Gasteiger partial charge in [0.2, 0.25) is 5.88 Å². The Balaban J connectivity index is 1.56. The van der Waals surface area contributed by atoms with E-state index >= 15 is 0 Å². The molecular weight excluding hydrogens is 420 g/mol. The van der Waals surface area contributed by atoms with E-state index in [1.165, 1.54) is 7.11 Å². The molecular formula is C26H26N2O5. The zero-order chi connectivity index (χ0) is 23.1. The van der Waals surface area contributed by atoms with Crippen LogP contribution in [0, 0.1) is 6.92 Å². The van der Waals surface area contributed by atoms with Crippen LogP contribution < -0.4 is 14.8 Å². The summed E-state index contributed by atoms with van der Waals surface area (Å²) in [4.78, 5) is 13.6. The van der Waals surface area contributed by atoms with E-state index in [0.717, 1.165) is 39.4 Å². The minimum atomic E-state index is -0.249. The Bertz CT molecular complexity index is 1240. The zero-order valence-corrected chi connectivity index (χ0v) is 18.8. The number of methoxy groups -OCH3 is 1. The topological polar surface area (TPSA) is 93.8 Å². The molecule has 0 fully saturated rings. The largest absolute Gasteiger partial charge is 0.504 e. The molecule has 0 bridgehead atoms. The van der Waals surface area contributed by atoms with Gasteiger partial charge in [0.05, 0.1) is 25.0 Å². The van der Waals surface area contributed by atoms with E-state index in [4.69, 9.17) is 14.0 Å². The molecule has 5 rings (SSSR count). The van der Waals surface area contributed by atoms with E-state index in [0.29, 0.717) is 31.1 Å². The van der Waals surface area contributed by atoms with Gasteiger partial charge >= 0.3 is 0 Å². The fourth-order valence-corrected chi connectivity index (χ4v) is 4.91. The van der Waals surface area contributed by atoms with Crippen molar-refractivity contribution in [3.05, 3.63) is 76.1 Å². The number of hydrogen-bond donors (Lipinski definition) is 2. The van der Waals surface area contributed by atoms with E-state index in [-0.39, 0.29) is 23.4 Å². The molecule has 1 aliphatic heterocycles. The first-order valence-corrected chi connectivity index (χ1v) is 11.1. The molecule has 0 amide bonds. The van der Waals surface area contributed by atoms with Crippen molar-refractivity contribution in [1.29, 1.82) is 0 Å². The van der Waals surface area contributed by atoms with Gasteiger partial charge in [0.15, 0.2) is 17.3 Å². The number of ether oxygens (including phenoxy) is 2. The number of fused-ring (bicyclic) bond motifs is 1. The summed E-state index contributed by atoms with van der Waals surface area (Å²) in [5, 5.41) is 17.5. The lowest BCUT2D eigenvalue weighted by Crippen LogP contribution is -2.29. The van der Waals surface area contributed by atoms with E-state index in [1.54, 1.807) is 12.1 Å². The van der Waals surface area contributed by atoms with E-state index in [2.05, 4.69) is 10.5 Å². The van der Waals surface area contributed by atoms with Crippen LogP contribution in [0.3, 0.4) is 0 Å². The lowest BCUT2D eigenvalue weighted by atomic mass is 9.72. The van der Waals surface area contributed by atoms with Crippen molar-refractivity contribution in [3.63, 3.8) is 0 Å². The molecule has 0 radical (unpaired) electrons. The second-order valence-electron chi connectivity index (χ2n) is 8.42. The first kappa shape index (κ1) is 21.1. The van der Waals surface area contributed by atoms with Crippen molar-refractivity contribution in [2.24, 2.45) is 0 Å². The molecule has 0 saturated carbocycles. The van der Waals surface area contributed by atoms with Crippen molar-refractivity contribution in [2.75, 3.05) is 19.0 Å². The van der Waals surface area contributed by atoms with Gasteiger partial charge in [-0.25, -0.2) is 0 Å². The van der Waals surface area contributed by atoms with Gasteiger partial charge in [0.25, 0.3) is 0 Å². The number of aromatic nitrogens is 1. The monoisotopic (exact) mass is 446 g/mol. The number of allylic oxidation sites excluding steroid dienone is 2. The predicted molar refractivity (Wildman–Crippen MR) is 123 cm³/mol. The number of phenols is 1. The molecule has 1 aliphatic carbocycles.